The fourth-order valence-electron chi connectivity index (χ4n) is 6.45. The van der Waals surface area contributed by atoms with Gasteiger partial charge < -0.3 is 40.6 Å². The Bertz CT molecular complexity index is 2140. The molecular weight excluding hydrogens is 727 g/mol. The van der Waals surface area contributed by atoms with Crippen molar-refractivity contribution in [3.8, 4) is 0 Å². The number of aromatic nitrogens is 3. The van der Waals surface area contributed by atoms with Gasteiger partial charge in [0, 0.05) is 73.9 Å². The monoisotopic (exact) mass is 773 g/mol. The Morgan fingerprint density at radius 3 is 2.36 bits per heavy atom. The van der Waals surface area contributed by atoms with Crippen LogP contribution in [0, 0.1) is 12.8 Å². The number of thiazole rings is 1. The molecule has 292 valence electrons. The molecule has 17 heteroatoms. The smallest absolute Gasteiger partial charge is 0.271 e. The van der Waals surface area contributed by atoms with Crippen LogP contribution in [0.3, 0.4) is 0 Å². The van der Waals surface area contributed by atoms with Crippen LogP contribution < -0.4 is 21.4 Å². The van der Waals surface area contributed by atoms with Gasteiger partial charge in [-0.05, 0) is 37.8 Å². The van der Waals surface area contributed by atoms with Crippen molar-refractivity contribution < 1.29 is 28.8 Å². The normalized spacial score (nSPS) is 19.9. The molecule has 1 aromatic carbocycles. The average molecular weight is 774 g/mol. The number of fused-ring (bicyclic) bond motifs is 3. The lowest BCUT2D eigenvalue weighted by atomic mass is 10.0. The molecule has 1 aliphatic heterocycles. The largest absolute Gasteiger partial charge is 0.361 e. The van der Waals surface area contributed by atoms with E-state index in [1.54, 1.807) is 18.5 Å². The van der Waals surface area contributed by atoms with Crippen molar-refractivity contribution in [3.63, 3.8) is 0 Å². The molecule has 55 heavy (non-hydrogen) atoms. The van der Waals surface area contributed by atoms with Gasteiger partial charge in [0.2, 0.25) is 23.6 Å². The van der Waals surface area contributed by atoms with Crippen molar-refractivity contribution in [3.05, 3.63) is 85.9 Å². The lowest BCUT2D eigenvalue weighted by molar-refractivity contribution is -0.138. The van der Waals surface area contributed by atoms with Crippen molar-refractivity contribution in [1.82, 2.24) is 45.6 Å². The quantitative estimate of drug-likeness (QED) is 0.201. The highest BCUT2D eigenvalue weighted by molar-refractivity contribution is 7.09. The lowest BCUT2D eigenvalue weighted by Gasteiger charge is -2.28. The average Bonchev–Trinajstić information content (AvgIpc) is 3.79. The number of likely N-dealkylation sites (N-methyl/N-ethyl adjacent to an activating group) is 2. The molecule has 0 radical (unpaired) electrons. The number of rotatable bonds is 5. The molecule has 4 aromatic rings. The summed E-state index contributed by atoms with van der Waals surface area (Å²) in [5, 5.41) is 11.3. The van der Waals surface area contributed by atoms with E-state index in [2.05, 4.69) is 30.9 Å². The van der Waals surface area contributed by atoms with Gasteiger partial charge in [-0.25, -0.2) is 4.98 Å². The molecule has 2 bridgehead atoms. The number of para-hydroxylation sites is 1. The van der Waals surface area contributed by atoms with Gasteiger partial charge in [0.1, 0.15) is 28.5 Å². The van der Waals surface area contributed by atoms with Crippen LogP contribution in [0.4, 0.5) is 0 Å². The molecule has 5 N–H and O–H groups in total. The van der Waals surface area contributed by atoms with Crippen LogP contribution in [0.2, 0.25) is 0 Å². The predicted molar refractivity (Wildman–Crippen MR) is 206 cm³/mol. The van der Waals surface area contributed by atoms with E-state index in [-0.39, 0.29) is 42.2 Å². The van der Waals surface area contributed by atoms with E-state index in [9.17, 15) is 33.6 Å². The van der Waals surface area contributed by atoms with Gasteiger partial charge in [-0.1, -0.05) is 32.0 Å². The summed E-state index contributed by atoms with van der Waals surface area (Å²) < 4.78 is 0. The molecule has 16 nitrogen and oxygen atoms in total. The second-order valence-corrected chi connectivity index (χ2v) is 15.2. The number of aromatic amines is 2. The third-order valence-electron chi connectivity index (χ3n) is 9.21. The SMILES string of the molecule is Cc1cc(=O)cc(C(=O)N2CCN(C)C(=O)[C@H](C)NC(=O)CN(C)C(=O)[C@@H](Cc3c[nH]c4ccccc34)NC(=O)c3csc(n3)[C@H](CC(C)C)NC(=O)C2)[nH]1. The topological polar surface area (TPSA) is 210 Å². The van der Waals surface area contributed by atoms with Gasteiger partial charge in [-0.3, -0.25) is 33.6 Å². The molecule has 6 amide bonds. The van der Waals surface area contributed by atoms with Crippen molar-refractivity contribution in [2.75, 3.05) is 40.3 Å². The van der Waals surface area contributed by atoms with E-state index < -0.39 is 66.7 Å². The van der Waals surface area contributed by atoms with Crippen LogP contribution in [-0.4, -0.2) is 117 Å². The molecule has 0 aliphatic carbocycles. The van der Waals surface area contributed by atoms with Gasteiger partial charge in [-0.2, -0.15) is 0 Å². The maximum atomic E-state index is 13.9. The van der Waals surface area contributed by atoms with Crippen LogP contribution in [0.15, 0.2) is 52.8 Å². The van der Waals surface area contributed by atoms with Crippen molar-refractivity contribution in [2.45, 2.75) is 58.7 Å². The van der Waals surface area contributed by atoms with E-state index in [1.807, 2.05) is 38.1 Å². The molecule has 3 atom stereocenters. The second kappa shape index (κ2) is 17.5. The minimum Gasteiger partial charge on any atom is -0.361 e. The summed E-state index contributed by atoms with van der Waals surface area (Å²) in [5.41, 5.74) is 1.73. The van der Waals surface area contributed by atoms with Crippen LogP contribution in [-0.2, 0) is 25.6 Å². The van der Waals surface area contributed by atoms with Crippen LogP contribution in [0.25, 0.3) is 10.9 Å². The molecule has 4 heterocycles. The summed E-state index contributed by atoms with van der Waals surface area (Å²) in [6.45, 7) is 6.16. The Morgan fingerprint density at radius 1 is 0.909 bits per heavy atom. The number of H-pyrrole nitrogens is 2. The fraction of sp³-hybridized carbons (Fsp3) is 0.421. The number of hydrogen-bond acceptors (Lipinski definition) is 9. The number of carbonyl (C=O) groups excluding carboxylic acids is 6. The summed E-state index contributed by atoms with van der Waals surface area (Å²) in [6, 6.07) is 7.33. The predicted octanol–water partition coefficient (Wildman–Crippen LogP) is 1.74. The summed E-state index contributed by atoms with van der Waals surface area (Å²) in [7, 11) is 2.95. The summed E-state index contributed by atoms with van der Waals surface area (Å²) in [4.78, 5) is 108. The Labute approximate surface area is 322 Å². The molecule has 3 aromatic heterocycles. The standard InChI is InChI=1S/C38H47N9O7S/c1-21(2)13-28-35-44-31(20-55-35)34(51)43-29(15-24-17-39-27-10-8-7-9-26(24)27)37(53)46(6)18-32(49)41-23(4)36(52)45(5)11-12-47(19-33(50)42-28)38(54)30-16-25(48)14-22(3)40-30/h7-10,14,16-17,20-21,23,28-29,39H,11-13,15,18-19H2,1-6H3,(H,40,48)(H,41,49)(H,42,50)(H,43,51)/t23-,28-,29+/m0/s1. The molecule has 1 aliphatic rings. The zero-order valence-corrected chi connectivity index (χ0v) is 32.5. The summed E-state index contributed by atoms with van der Waals surface area (Å²) in [5.74, 6) is -3.28. The number of nitrogens with one attached hydrogen (secondary N) is 5. The van der Waals surface area contributed by atoms with E-state index >= 15 is 0 Å². The maximum absolute atomic E-state index is 13.9. The minimum atomic E-state index is -1.09. The summed E-state index contributed by atoms with van der Waals surface area (Å²) in [6.07, 6.45) is 2.34. The van der Waals surface area contributed by atoms with Crippen LogP contribution in [0.1, 0.15) is 70.5 Å². The van der Waals surface area contributed by atoms with E-state index in [4.69, 9.17) is 0 Å². The molecule has 5 rings (SSSR count). The van der Waals surface area contributed by atoms with Gasteiger partial charge in [0.15, 0.2) is 5.43 Å². The molecule has 0 unspecified atom stereocenters. The maximum Gasteiger partial charge on any atom is 0.271 e. The number of pyridine rings is 1. The summed E-state index contributed by atoms with van der Waals surface area (Å²) >= 11 is 1.17. The molecule has 0 spiro atoms. The van der Waals surface area contributed by atoms with E-state index in [1.165, 1.54) is 53.1 Å². The van der Waals surface area contributed by atoms with Crippen molar-refractivity contribution >= 4 is 57.7 Å². The fourth-order valence-corrected chi connectivity index (χ4v) is 7.31. The zero-order chi connectivity index (χ0) is 40.0. The Balaban J connectivity index is 1.48. The van der Waals surface area contributed by atoms with Gasteiger partial charge in [-0.15, -0.1) is 11.3 Å². The number of carbonyl (C=O) groups is 6. The zero-order valence-electron chi connectivity index (χ0n) is 31.7. The minimum absolute atomic E-state index is 0.0128. The van der Waals surface area contributed by atoms with Crippen molar-refractivity contribution in [2.24, 2.45) is 5.92 Å². The molecule has 0 saturated heterocycles. The molecular formula is C38H47N9O7S. The van der Waals surface area contributed by atoms with Crippen LogP contribution >= 0.6 is 11.3 Å². The van der Waals surface area contributed by atoms with Gasteiger partial charge >= 0.3 is 0 Å². The molecule has 0 fully saturated rings. The van der Waals surface area contributed by atoms with Crippen molar-refractivity contribution in [1.29, 1.82) is 0 Å². The van der Waals surface area contributed by atoms with E-state index in [0.29, 0.717) is 17.1 Å². The first-order valence-electron chi connectivity index (χ1n) is 18.0. The van der Waals surface area contributed by atoms with Gasteiger partial charge in [0.05, 0.1) is 19.1 Å². The first-order chi connectivity index (χ1) is 26.1. The second-order valence-electron chi connectivity index (χ2n) is 14.3. The number of amides is 6. The first kappa shape index (κ1) is 40.3. The number of benzene rings is 1. The van der Waals surface area contributed by atoms with Gasteiger partial charge in [0.25, 0.3) is 11.8 Å². The third-order valence-corrected chi connectivity index (χ3v) is 10.2. The lowest BCUT2D eigenvalue weighted by Crippen LogP contribution is -2.53. The highest BCUT2D eigenvalue weighted by Crippen LogP contribution is 2.25. The Kier molecular flexibility index (Phi) is 12.9. The van der Waals surface area contributed by atoms with E-state index in [0.717, 1.165) is 22.5 Å². The number of aryl methyl sites for hydroxylation is 1. The molecule has 0 saturated carbocycles. The Morgan fingerprint density at radius 2 is 1.64 bits per heavy atom. The highest BCUT2D eigenvalue weighted by Gasteiger charge is 2.31. The third kappa shape index (κ3) is 10.2. The number of nitrogens with zero attached hydrogens (tertiary/aromatic N) is 4. The highest BCUT2D eigenvalue weighted by atomic mass is 32.1. The Hall–Kier alpha value is -5.84. The first-order valence-corrected chi connectivity index (χ1v) is 18.9. The number of hydrogen-bond donors (Lipinski definition) is 5. The van der Waals surface area contributed by atoms with Crippen LogP contribution in [0.5, 0.6) is 0 Å².